The first kappa shape index (κ1) is 20.9. The Labute approximate surface area is 182 Å². The molecule has 0 saturated carbocycles. The zero-order valence-electron chi connectivity index (χ0n) is 18.2. The van der Waals surface area contributed by atoms with E-state index in [9.17, 15) is 4.79 Å². The number of benzene rings is 2. The Hall–Kier alpha value is -3.32. The Morgan fingerprint density at radius 2 is 1.84 bits per heavy atom. The molecule has 0 fully saturated rings. The van der Waals surface area contributed by atoms with E-state index in [0.29, 0.717) is 5.82 Å². The number of nitrogens with one attached hydrogen (secondary N) is 2. The standard InChI is InChI=1S/C24H28N6O/c1-4-5-14-30-22(23(17(3)31)16(2)27-30)15-18-10-12-19(13-11-18)20-8-6-7-9-21(20)24-25-28-29-26-24/h6-13,22,27H,4-5,14-15H2,1-3H3,(H,25,26,28,29). The number of tetrazole rings is 1. The van der Waals surface area contributed by atoms with E-state index in [1.165, 1.54) is 5.56 Å². The maximum atomic E-state index is 12.3. The van der Waals surface area contributed by atoms with Crippen LogP contribution in [-0.4, -0.2) is 44.0 Å². The third-order valence-electron chi connectivity index (χ3n) is 5.76. The van der Waals surface area contributed by atoms with E-state index in [4.69, 9.17) is 0 Å². The summed E-state index contributed by atoms with van der Waals surface area (Å²) in [6, 6.07) is 16.6. The minimum atomic E-state index is 0.0570. The lowest BCUT2D eigenvalue weighted by atomic mass is 9.93. The van der Waals surface area contributed by atoms with Crippen molar-refractivity contribution >= 4 is 5.78 Å². The quantitative estimate of drug-likeness (QED) is 0.579. The highest BCUT2D eigenvalue weighted by atomic mass is 16.1. The number of hydrazine groups is 1. The first-order valence-electron chi connectivity index (χ1n) is 10.8. The third-order valence-corrected chi connectivity index (χ3v) is 5.76. The largest absolute Gasteiger partial charge is 0.322 e. The van der Waals surface area contributed by atoms with E-state index in [1.54, 1.807) is 6.92 Å². The van der Waals surface area contributed by atoms with Gasteiger partial charge >= 0.3 is 0 Å². The zero-order valence-corrected chi connectivity index (χ0v) is 18.2. The number of H-pyrrole nitrogens is 1. The molecule has 0 amide bonds. The number of allylic oxidation sites excluding steroid dienone is 1. The van der Waals surface area contributed by atoms with Crippen LogP contribution in [0.15, 0.2) is 59.8 Å². The number of hydrogen-bond donors (Lipinski definition) is 2. The van der Waals surface area contributed by atoms with E-state index in [2.05, 4.69) is 68.3 Å². The Morgan fingerprint density at radius 3 is 2.48 bits per heavy atom. The van der Waals surface area contributed by atoms with E-state index in [-0.39, 0.29) is 11.8 Å². The molecule has 1 atom stereocenters. The second-order valence-electron chi connectivity index (χ2n) is 7.95. The average molecular weight is 417 g/mol. The van der Waals surface area contributed by atoms with Crippen LogP contribution in [0, 0.1) is 0 Å². The highest BCUT2D eigenvalue weighted by molar-refractivity contribution is 5.95. The van der Waals surface area contributed by atoms with Gasteiger partial charge in [-0.3, -0.25) is 4.79 Å². The van der Waals surface area contributed by atoms with Gasteiger partial charge in [-0.05, 0) is 48.6 Å². The van der Waals surface area contributed by atoms with Crippen molar-refractivity contribution in [2.75, 3.05) is 6.54 Å². The summed E-state index contributed by atoms with van der Waals surface area (Å²) in [6.07, 6.45) is 3.00. The second kappa shape index (κ2) is 9.22. The highest BCUT2D eigenvalue weighted by Gasteiger charge is 2.32. The predicted octanol–water partition coefficient (Wildman–Crippen LogP) is 3.93. The molecule has 31 heavy (non-hydrogen) atoms. The van der Waals surface area contributed by atoms with Gasteiger partial charge in [0.25, 0.3) is 0 Å². The number of aromatic nitrogens is 4. The van der Waals surface area contributed by atoms with Gasteiger partial charge in [0.05, 0.1) is 6.04 Å². The van der Waals surface area contributed by atoms with Gasteiger partial charge in [-0.2, -0.15) is 5.21 Å². The Kier molecular flexibility index (Phi) is 6.23. The maximum absolute atomic E-state index is 12.3. The number of carbonyl (C=O) groups excluding carboxylic acids is 1. The molecule has 7 heteroatoms. The molecule has 0 aliphatic carbocycles. The molecule has 7 nitrogen and oxygen atoms in total. The van der Waals surface area contributed by atoms with Crippen LogP contribution >= 0.6 is 0 Å². The van der Waals surface area contributed by atoms with Crippen LogP contribution in [0.4, 0.5) is 0 Å². The van der Waals surface area contributed by atoms with Crippen molar-refractivity contribution in [3.63, 3.8) is 0 Å². The van der Waals surface area contributed by atoms with E-state index >= 15 is 0 Å². The summed E-state index contributed by atoms with van der Waals surface area (Å²) in [5.41, 5.74) is 9.57. The Balaban J connectivity index is 1.58. The molecule has 0 spiro atoms. The summed E-state index contributed by atoms with van der Waals surface area (Å²) in [6.45, 7) is 6.76. The van der Waals surface area contributed by atoms with Crippen LogP contribution in [-0.2, 0) is 11.2 Å². The normalized spacial score (nSPS) is 16.5. The van der Waals surface area contributed by atoms with Crippen LogP contribution in [0.2, 0.25) is 0 Å². The molecular formula is C24H28N6O. The number of carbonyl (C=O) groups is 1. The van der Waals surface area contributed by atoms with Gasteiger partial charge in [-0.1, -0.05) is 61.9 Å². The number of aromatic amines is 1. The Bertz CT molecular complexity index is 1070. The number of Topliss-reactive ketones (excluding diaryl/α,β-unsaturated/α-hetero) is 1. The van der Waals surface area contributed by atoms with Crippen molar-refractivity contribution in [3.05, 3.63) is 65.4 Å². The molecule has 0 saturated heterocycles. The molecule has 0 radical (unpaired) electrons. The van der Waals surface area contributed by atoms with Gasteiger partial charge in [0, 0.05) is 23.4 Å². The average Bonchev–Trinajstić information content (AvgIpc) is 3.41. The van der Waals surface area contributed by atoms with Gasteiger partial charge in [-0.25, -0.2) is 5.01 Å². The summed E-state index contributed by atoms with van der Waals surface area (Å²) in [4.78, 5) is 12.3. The fourth-order valence-electron chi connectivity index (χ4n) is 4.26. The predicted molar refractivity (Wildman–Crippen MR) is 121 cm³/mol. The first-order chi connectivity index (χ1) is 15.1. The van der Waals surface area contributed by atoms with Crippen molar-refractivity contribution in [2.45, 2.75) is 46.1 Å². The van der Waals surface area contributed by atoms with Gasteiger partial charge in [0.15, 0.2) is 5.78 Å². The number of hydrogen-bond acceptors (Lipinski definition) is 6. The van der Waals surface area contributed by atoms with Crippen molar-refractivity contribution in [1.82, 2.24) is 31.1 Å². The van der Waals surface area contributed by atoms with E-state index in [1.807, 2.05) is 25.1 Å². The molecule has 2 aromatic carbocycles. The van der Waals surface area contributed by atoms with Crippen molar-refractivity contribution in [2.24, 2.45) is 0 Å². The lowest BCUT2D eigenvalue weighted by Gasteiger charge is -2.26. The first-order valence-corrected chi connectivity index (χ1v) is 10.8. The second-order valence-corrected chi connectivity index (χ2v) is 7.95. The maximum Gasteiger partial charge on any atom is 0.205 e. The topological polar surface area (TPSA) is 86.8 Å². The molecule has 0 bridgehead atoms. The molecule has 2 N–H and O–H groups in total. The smallest absolute Gasteiger partial charge is 0.205 e. The van der Waals surface area contributed by atoms with Crippen molar-refractivity contribution in [1.29, 1.82) is 0 Å². The molecule has 1 aliphatic rings. The SMILES string of the molecule is CCCCN1NC(C)=C(C(C)=O)C1Cc1ccc(-c2ccccc2-c2nn[nH]n2)cc1. The van der Waals surface area contributed by atoms with Crippen LogP contribution in [0.25, 0.3) is 22.5 Å². The summed E-state index contributed by atoms with van der Waals surface area (Å²) in [5, 5.41) is 16.7. The minimum absolute atomic E-state index is 0.0570. The summed E-state index contributed by atoms with van der Waals surface area (Å²) < 4.78 is 0. The molecule has 1 aromatic heterocycles. The van der Waals surface area contributed by atoms with Crippen LogP contribution in [0.5, 0.6) is 0 Å². The summed E-state index contributed by atoms with van der Waals surface area (Å²) in [5.74, 6) is 0.717. The highest BCUT2D eigenvalue weighted by Crippen LogP contribution is 2.31. The van der Waals surface area contributed by atoms with Gasteiger partial charge in [0.1, 0.15) is 0 Å². The molecule has 3 aromatic rings. The monoisotopic (exact) mass is 416 g/mol. The van der Waals surface area contributed by atoms with Crippen LogP contribution in [0.1, 0.15) is 39.2 Å². The molecule has 4 rings (SSSR count). The number of rotatable bonds is 8. The molecule has 1 aliphatic heterocycles. The lowest BCUT2D eigenvalue weighted by molar-refractivity contribution is -0.114. The molecule has 160 valence electrons. The number of unbranched alkanes of at least 4 members (excludes halogenated alkanes) is 1. The van der Waals surface area contributed by atoms with Crippen LogP contribution in [0.3, 0.4) is 0 Å². The third kappa shape index (κ3) is 4.41. The van der Waals surface area contributed by atoms with E-state index in [0.717, 1.165) is 53.8 Å². The molecule has 2 heterocycles. The number of ketones is 1. The van der Waals surface area contributed by atoms with Gasteiger partial charge in [0.2, 0.25) is 5.82 Å². The van der Waals surface area contributed by atoms with Gasteiger partial charge in [-0.15, -0.1) is 10.2 Å². The Morgan fingerprint density at radius 1 is 1.10 bits per heavy atom. The number of nitrogens with zero attached hydrogens (tertiary/aromatic N) is 4. The molecule has 1 unspecified atom stereocenters. The summed E-state index contributed by atoms with van der Waals surface area (Å²) in [7, 11) is 0. The van der Waals surface area contributed by atoms with Crippen molar-refractivity contribution in [3.8, 4) is 22.5 Å². The zero-order chi connectivity index (χ0) is 21.8. The minimum Gasteiger partial charge on any atom is -0.322 e. The van der Waals surface area contributed by atoms with Crippen LogP contribution < -0.4 is 5.43 Å². The van der Waals surface area contributed by atoms with Gasteiger partial charge < -0.3 is 5.43 Å². The fraction of sp³-hybridized carbons (Fsp3) is 0.333. The van der Waals surface area contributed by atoms with Crippen molar-refractivity contribution < 1.29 is 4.79 Å². The lowest BCUT2D eigenvalue weighted by Crippen LogP contribution is -2.41. The summed E-state index contributed by atoms with van der Waals surface area (Å²) >= 11 is 0. The van der Waals surface area contributed by atoms with E-state index < -0.39 is 0 Å². The molecular weight excluding hydrogens is 388 g/mol. The fourth-order valence-corrected chi connectivity index (χ4v) is 4.26.